The summed E-state index contributed by atoms with van der Waals surface area (Å²) in [7, 11) is -3.67. The van der Waals surface area contributed by atoms with Crippen molar-refractivity contribution in [2.45, 2.75) is 31.1 Å². The van der Waals surface area contributed by atoms with E-state index in [9.17, 15) is 13.2 Å². The highest BCUT2D eigenvalue weighted by atomic mass is 32.2. The summed E-state index contributed by atoms with van der Waals surface area (Å²) < 4.78 is 27.9. The number of benzene rings is 2. The normalized spacial score (nSPS) is 15.9. The lowest BCUT2D eigenvalue weighted by Gasteiger charge is -2.30. The van der Waals surface area contributed by atoms with Gasteiger partial charge in [-0.05, 0) is 49.1 Å². The summed E-state index contributed by atoms with van der Waals surface area (Å²) in [5, 5.41) is 3.75. The molecular formula is C23H25N3O3S. The number of piperidine rings is 1. The van der Waals surface area contributed by atoms with Crippen LogP contribution >= 0.6 is 0 Å². The lowest BCUT2D eigenvalue weighted by Crippen LogP contribution is -2.41. The summed E-state index contributed by atoms with van der Waals surface area (Å²) in [4.78, 5) is 17.1. The van der Waals surface area contributed by atoms with E-state index >= 15 is 0 Å². The Morgan fingerprint density at radius 1 is 1.07 bits per heavy atom. The molecule has 1 fully saturated rings. The second-order valence-corrected chi connectivity index (χ2v) is 9.46. The molecule has 30 heavy (non-hydrogen) atoms. The molecule has 1 aliphatic heterocycles. The van der Waals surface area contributed by atoms with E-state index in [0.29, 0.717) is 31.4 Å². The highest BCUT2D eigenvalue weighted by Crippen LogP contribution is 2.28. The Bertz CT molecular complexity index is 1150. The van der Waals surface area contributed by atoms with E-state index in [1.54, 1.807) is 24.4 Å². The molecule has 0 radical (unpaired) electrons. The average molecular weight is 424 g/mol. The zero-order chi connectivity index (χ0) is 21.1. The standard InChI is InChI=1S/C23H25N3O3S/c1-2-17-8-10-20(11-9-17)25-23(27)19-12-15-26(16-13-19)30(28,29)21-7-3-5-18-6-4-14-24-22(18)21/h3-11,14,19H,2,12-13,15-16H2,1H3,(H,25,27). The first-order valence-corrected chi connectivity index (χ1v) is 11.7. The van der Waals surface area contributed by atoms with E-state index < -0.39 is 10.0 Å². The van der Waals surface area contributed by atoms with Gasteiger partial charge in [0.15, 0.2) is 0 Å². The summed E-state index contributed by atoms with van der Waals surface area (Å²) >= 11 is 0. The van der Waals surface area contributed by atoms with Gasteiger partial charge in [0.25, 0.3) is 0 Å². The van der Waals surface area contributed by atoms with Crippen LogP contribution in [0.3, 0.4) is 0 Å². The Labute approximate surface area is 177 Å². The molecule has 2 aromatic carbocycles. The number of carbonyl (C=O) groups is 1. The van der Waals surface area contributed by atoms with Gasteiger partial charge in [-0.15, -0.1) is 0 Å². The van der Waals surface area contributed by atoms with Crippen LogP contribution in [0.25, 0.3) is 10.9 Å². The lowest BCUT2D eigenvalue weighted by molar-refractivity contribution is -0.120. The Kier molecular flexibility index (Phi) is 5.83. The molecule has 4 rings (SSSR count). The summed E-state index contributed by atoms with van der Waals surface area (Å²) in [6.07, 6.45) is 3.55. The summed E-state index contributed by atoms with van der Waals surface area (Å²) in [6, 6.07) is 16.7. The van der Waals surface area contributed by atoms with Gasteiger partial charge in [0, 0.05) is 36.3 Å². The number of aromatic nitrogens is 1. The molecule has 156 valence electrons. The number of sulfonamides is 1. The summed E-state index contributed by atoms with van der Waals surface area (Å²) in [6.45, 7) is 2.72. The minimum Gasteiger partial charge on any atom is -0.326 e. The third-order valence-corrected chi connectivity index (χ3v) is 7.60. The SMILES string of the molecule is CCc1ccc(NC(=O)C2CCN(S(=O)(=O)c3cccc4cccnc34)CC2)cc1. The van der Waals surface area contributed by atoms with E-state index in [-0.39, 0.29) is 16.7 Å². The van der Waals surface area contributed by atoms with E-state index in [4.69, 9.17) is 0 Å². The van der Waals surface area contributed by atoms with Gasteiger partial charge in [0.1, 0.15) is 4.90 Å². The number of fused-ring (bicyclic) bond motifs is 1. The number of carbonyl (C=O) groups excluding carboxylic acids is 1. The van der Waals surface area contributed by atoms with Crippen molar-refractivity contribution >= 4 is 32.5 Å². The number of anilines is 1. The molecule has 0 unspecified atom stereocenters. The highest BCUT2D eigenvalue weighted by Gasteiger charge is 2.33. The molecule has 2 heterocycles. The van der Waals surface area contributed by atoms with Crippen LogP contribution in [0.4, 0.5) is 5.69 Å². The molecule has 1 amide bonds. The van der Waals surface area contributed by atoms with E-state index in [1.807, 2.05) is 36.4 Å². The van der Waals surface area contributed by atoms with Crippen LogP contribution in [0.5, 0.6) is 0 Å². The molecule has 0 bridgehead atoms. The van der Waals surface area contributed by atoms with Crippen molar-refractivity contribution in [3.8, 4) is 0 Å². The molecule has 1 saturated heterocycles. The molecule has 0 spiro atoms. The van der Waals surface area contributed by atoms with Crippen LogP contribution in [0.15, 0.2) is 65.7 Å². The van der Waals surface area contributed by atoms with Gasteiger partial charge in [0.05, 0.1) is 5.52 Å². The quantitative estimate of drug-likeness (QED) is 0.676. The molecule has 3 aromatic rings. The number of hydrogen-bond donors (Lipinski definition) is 1. The molecule has 0 atom stereocenters. The topological polar surface area (TPSA) is 79.4 Å². The van der Waals surface area contributed by atoms with Crippen LogP contribution < -0.4 is 5.32 Å². The Balaban J connectivity index is 1.43. The molecule has 0 aliphatic carbocycles. The van der Waals surface area contributed by atoms with Crippen molar-refractivity contribution in [1.29, 1.82) is 0 Å². The fraction of sp³-hybridized carbons (Fsp3) is 0.304. The van der Waals surface area contributed by atoms with Crippen molar-refractivity contribution < 1.29 is 13.2 Å². The van der Waals surface area contributed by atoms with Crippen LogP contribution in [0, 0.1) is 5.92 Å². The van der Waals surface area contributed by atoms with E-state index in [2.05, 4.69) is 17.2 Å². The number of amides is 1. The van der Waals surface area contributed by atoms with Crippen LogP contribution in [-0.4, -0.2) is 36.7 Å². The fourth-order valence-corrected chi connectivity index (χ4v) is 5.49. The largest absolute Gasteiger partial charge is 0.326 e. The van der Waals surface area contributed by atoms with Gasteiger partial charge in [-0.25, -0.2) is 8.42 Å². The number of nitrogens with one attached hydrogen (secondary N) is 1. The Hall–Kier alpha value is -2.77. The predicted octanol–water partition coefficient (Wildman–Crippen LogP) is 3.84. The molecule has 7 heteroatoms. The van der Waals surface area contributed by atoms with E-state index in [1.165, 1.54) is 9.87 Å². The van der Waals surface area contributed by atoms with Crippen LogP contribution in [0.1, 0.15) is 25.3 Å². The van der Waals surface area contributed by atoms with Gasteiger partial charge in [-0.2, -0.15) is 4.31 Å². The average Bonchev–Trinajstić information content (AvgIpc) is 2.79. The van der Waals surface area contributed by atoms with Gasteiger partial charge in [0.2, 0.25) is 15.9 Å². The number of rotatable bonds is 5. The van der Waals surface area contributed by atoms with Gasteiger partial charge < -0.3 is 5.32 Å². The fourth-order valence-electron chi connectivity index (χ4n) is 3.85. The maximum atomic E-state index is 13.2. The van der Waals surface area contributed by atoms with Crippen molar-refractivity contribution in [2.24, 2.45) is 5.92 Å². The van der Waals surface area contributed by atoms with Crippen molar-refractivity contribution in [1.82, 2.24) is 9.29 Å². The van der Waals surface area contributed by atoms with Crippen LogP contribution in [0.2, 0.25) is 0 Å². The third kappa shape index (κ3) is 4.08. The van der Waals surface area contributed by atoms with E-state index in [0.717, 1.165) is 17.5 Å². The van der Waals surface area contributed by atoms with Gasteiger partial charge in [-0.1, -0.05) is 37.3 Å². The molecule has 1 aliphatic rings. The van der Waals surface area contributed by atoms with Crippen LogP contribution in [-0.2, 0) is 21.2 Å². The molecule has 1 aromatic heterocycles. The van der Waals surface area contributed by atoms with Gasteiger partial charge in [-0.3, -0.25) is 9.78 Å². The number of para-hydroxylation sites is 1. The molecule has 6 nitrogen and oxygen atoms in total. The number of hydrogen-bond acceptors (Lipinski definition) is 4. The third-order valence-electron chi connectivity index (χ3n) is 5.67. The maximum absolute atomic E-state index is 13.2. The second-order valence-electron chi connectivity index (χ2n) is 7.55. The zero-order valence-electron chi connectivity index (χ0n) is 16.9. The molecular weight excluding hydrogens is 398 g/mol. The number of nitrogens with zero attached hydrogens (tertiary/aromatic N) is 2. The number of aryl methyl sites for hydroxylation is 1. The maximum Gasteiger partial charge on any atom is 0.245 e. The molecule has 0 saturated carbocycles. The van der Waals surface area contributed by atoms with Crippen molar-refractivity contribution in [3.63, 3.8) is 0 Å². The Morgan fingerprint density at radius 2 is 1.77 bits per heavy atom. The predicted molar refractivity (Wildman–Crippen MR) is 118 cm³/mol. The number of pyridine rings is 1. The summed E-state index contributed by atoms with van der Waals surface area (Å²) in [5.41, 5.74) is 2.47. The zero-order valence-corrected chi connectivity index (χ0v) is 17.7. The van der Waals surface area contributed by atoms with Crippen molar-refractivity contribution in [3.05, 3.63) is 66.4 Å². The van der Waals surface area contributed by atoms with Crippen molar-refractivity contribution in [2.75, 3.05) is 18.4 Å². The summed E-state index contributed by atoms with van der Waals surface area (Å²) in [5.74, 6) is -0.254. The smallest absolute Gasteiger partial charge is 0.245 e. The van der Waals surface area contributed by atoms with Gasteiger partial charge >= 0.3 is 0 Å². The second kappa shape index (κ2) is 8.53. The minimum atomic E-state index is -3.67. The monoisotopic (exact) mass is 423 g/mol. The highest BCUT2D eigenvalue weighted by molar-refractivity contribution is 7.89. The Morgan fingerprint density at radius 3 is 2.47 bits per heavy atom. The molecule has 1 N–H and O–H groups in total. The first-order chi connectivity index (χ1) is 14.5. The first kappa shape index (κ1) is 20.5. The minimum absolute atomic E-state index is 0.0527. The lowest BCUT2D eigenvalue weighted by atomic mass is 9.97. The first-order valence-electron chi connectivity index (χ1n) is 10.2.